The van der Waals surface area contributed by atoms with Crippen molar-refractivity contribution in [3.8, 4) is 0 Å². The van der Waals surface area contributed by atoms with E-state index >= 15 is 0 Å². The van der Waals surface area contributed by atoms with Gasteiger partial charge in [-0.1, -0.05) is 25.6 Å². The summed E-state index contributed by atoms with van der Waals surface area (Å²) in [5.41, 5.74) is 0. The molecule has 0 aromatic rings. The summed E-state index contributed by atoms with van der Waals surface area (Å²) in [5, 5.41) is 3.31. The van der Waals surface area contributed by atoms with Gasteiger partial charge in [-0.3, -0.25) is 9.79 Å². The van der Waals surface area contributed by atoms with Crippen LogP contribution in [0.15, 0.2) is 4.99 Å². The number of carbonyl (C=O) groups excluding carboxylic acids is 1. The minimum absolute atomic E-state index is 0.00719. The van der Waals surface area contributed by atoms with Crippen LogP contribution in [0.2, 0.25) is 0 Å². The molecule has 2 saturated carbocycles. The highest BCUT2D eigenvalue weighted by atomic mass is 32.2. The summed E-state index contributed by atoms with van der Waals surface area (Å²) in [6, 6.07) is -0.0293. The lowest BCUT2D eigenvalue weighted by atomic mass is 9.93. The van der Waals surface area contributed by atoms with Gasteiger partial charge in [0.25, 0.3) is 5.92 Å². The molecule has 2 bridgehead atoms. The fourth-order valence-electron chi connectivity index (χ4n) is 3.37. The summed E-state index contributed by atoms with van der Waals surface area (Å²) in [5.74, 6) is -2.76. The number of halogens is 2. The summed E-state index contributed by atoms with van der Waals surface area (Å²) in [7, 11) is 0. The minimum atomic E-state index is -2.49. The van der Waals surface area contributed by atoms with E-state index in [2.05, 4.69) is 10.3 Å². The maximum absolute atomic E-state index is 13.4. The first kappa shape index (κ1) is 13.3. The SMILES string of the molecule is CC(C)C1SC(=NC2C[C@H]3CC2CC3(F)F)NC1=O. The van der Waals surface area contributed by atoms with E-state index in [0.29, 0.717) is 18.0 Å². The molecule has 3 aliphatic rings. The molecule has 3 rings (SSSR count). The maximum Gasteiger partial charge on any atom is 0.251 e. The van der Waals surface area contributed by atoms with Crippen LogP contribution in [0.25, 0.3) is 0 Å². The quantitative estimate of drug-likeness (QED) is 0.848. The van der Waals surface area contributed by atoms with Crippen molar-refractivity contribution in [1.82, 2.24) is 5.32 Å². The van der Waals surface area contributed by atoms with Gasteiger partial charge in [-0.15, -0.1) is 0 Å². The van der Waals surface area contributed by atoms with Crippen LogP contribution in [0.4, 0.5) is 8.78 Å². The lowest BCUT2D eigenvalue weighted by Crippen LogP contribution is -2.31. The van der Waals surface area contributed by atoms with Crippen LogP contribution in [0.1, 0.15) is 33.1 Å². The molecule has 3 nitrogen and oxygen atoms in total. The number of hydrogen-bond acceptors (Lipinski definition) is 3. The first-order valence-electron chi connectivity index (χ1n) is 6.80. The van der Waals surface area contributed by atoms with Gasteiger partial charge in [0.15, 0.2) is 5.17 Å². The molecule has 0 aromatic heterocycles. The lowest BCUT2D eigenvalue weighted by Gasteiger charge is -2.25. The largest absolute Gasteiger partial charge is 0.304 e. The molecular formula is C13H18F2N2OS. The summed E-state index contributed by atoms with van der Waals surface area (Å²) in [6.07, 6.45) is 1.01. The zero-order valence-corrected chi connectivity index (χ0v) is 11.8. The average Bonchev–Trinajstić information content (AvgIpc) is 2.91. The number of nitrogens with one attached hydrogen (secondary N) is 1. The van der Waals surface area contributed by atoms with Crippen molar-refractivity contribution in [3.05, 3.63) is 0 Å². The van der Waals surface area contributed by atoms with E-state index in [1.807, 2.05) is 13.8 Å². The van der Waals surface area contributed by atoms with Crippen LogP contribution >= 0.6 is 11.8 Å². The Morgan fingerprint density at radius 2 is 2.16 bits per heavy atom. The van der Waals surface area contributed by atoms with Gasteiger partial charge in [-0.05, 0) is 24.7 Å². The number of aliphatic imine (C=N–C) groups is 1. The van der Waals surface area contributed by atoms with Crippen LogP contribution in [-0.2, 0) is 4.79 Å². The third-order valence-electron chi connectivity index (χ3n) is 4.40. The average molecular weight is 288 g/mol. The third kappa shape index (κ3) is 2.28. The Morgan fingerprint density at radius 3 is 2.63 bits per heavy atom. The number of nitrogens with zero attached hydrogens (tertiary/aromatic N) is 1. The van der Waals surface area contributed by atoms with E-state index in [4.69, 9.17) is 0 Å². The number of amides is 1. The predicted octanol–water partition coefficient (Wildman–Crippen LogP) is 2.66. The molecule has 1 heterocycles. The van der Waals surface area contributed by atoms with Crippen molar-refractivity contribution in [2.24, 2.45) is 22.7 Å². The third-order valence-corrected chi connectivity index (χ3v) is 5.85. The van der Waals surface area contributed by atoms with Gasteiger partial charge < -0.3 is 5.32 Å². The van der Waals surface area contributed by atoms with Gasteiger partial charge in [0.2, 0.25) is 5.91 Å². The lowest BCUT2D eigenvalue weighted by molar-refractivity contribution is -0.119. The fourth-order valence-corrected chi connectivity index (χ4v) is 4.41. The molecule has 1 aliphatic heterocycles. The molecule has 106 valence electrons. The van der Waals surface area contributed by atoms with E-state index in [9.17, 15) is 13.6 Å². The van der Waals surface area contributed by atoms with Crippen LogP contribution in [0.5, 0.6) is 0 Å². The molecule has 0 spiro atoms. The number of hydrogen-bond donors (Lipinski definition) is 1. The number of amidine groups is 1. The highest BCUT2D eigenvalue weighted by Gasteiger charge is 2.56. The van der Waals surface area contributed by atoms with Gasteiger partial charge >= 0.3 is 0 Å². The molecule has 1 amide bonds. The second-order valence-corrected chi connectivity index (χ2v) is 7.30. The predicted molar refractivity (Wildman–Crippen MR) is 71.4 cm³/mol. The zero-order valence-electron chi connectivity index (χ0n) is 11.0. The second-order valence-electron chi connectivity index (χ2n) is 6.17. The Morgan fingerprint density at radius 1 is 1.42 bits per heavy atom. The molecule has 0 radical (unpaired) electrons. The normalized spacial score (nSPS) is 42.4. The Labute approximate surface area is 115 Å². The summed E-state index contributed by atoms with van der Waals surface area (Å²) in [4.78, 5) is 16.3. The first-order chi connectivity index (χ1) is 8.87. The van der Waals surface area contributed by atoms with Crippen molar-refractivity contribution >= 4 is 22.8 Å². The molecule has 1 saturated heterocycles. The fraction of sp³-hybridized carbons (Fsp3) is 0.846. The second kappa shape index (κ2) is 4.43. The molecule has 19 heavy (non-hydrogen) atoms. The van der Waals surface area contributed by atoms with E-state index < -0.39 is 11.8 Å². The van der Waals surface area contributed by atoms with Crippen molar-refractivity contribution < 1.29 is 13.6 Å². The standard InChI is InChI=1S/C13H18F2N2OS/c1-6(2)10-11(18)17-12(19-10)16-9-4-8-3-7(9)5-13(8,14)15/h6-10H,3-5H2,1-2H3,(H,16,17,18)/t7?,8-,9?,10?/m1/s1. The van der Waals surface area contributed by atoms with Crippen molar-refractivity contribution in [1.29, 1.82) is 0 Å². The highest BCUT2D eigenvalue weighted by Crippen LogP contribution is 2.54. The molecule has 2 aliphatic carbocycles. The van der Waals surface area contributed by atoms with Crippen LogP contribution in [0, 0.1) is 17.8 Å². The van der Waals surface area contributed by atoms with Crippen molar-refractivity contribution in [2.75, 3.05) is 0 Å². The Bertz CT molecular complexity index is 438. The van der Waals surface area contributed by atoms with E-state index in [-0.39, 0.29) is 35.5 Å². The Hall–Kier alpha value is -0.650. The zero-order chi connectivity index (χ0) is 13.8. The summed E-state index contributed by atoms with van der Waals surface area (Å²) in [6.45, 7) is 4.00. The van der Waals surface area contributed by atoms with Crippen molar-refractivity contribution in [3.63, 3.8) is 0 Å². The molecular weight excluding hydrogens is 270 g/mol. The number of rotatable bonds is 2. The van der Waals surface area contributed by atoms with Crippen LogP contribution < -0.4 is 5.32 Å². The molecule has 1 N–H and O–H groups in total. The summed E-state index contributed by atoms with van der Waals surface area (Å²) >= 11 is 1.44. The smallest absolute Gasteiger partial charge is 0.251 e. The molecule has 3 unspecified atom stereocenters. The van der Waals surface area contributed by atoms with E-state index in [1.54, 1.807) is 0 Å². The molecule has 3 fully saturated rings. The Kier molecular flexibility index (Phi) is 3.11. The maximum atomic E-state index is 13.4. The minimum Gasteiger partial charge on any atom is -0.304 e. The van der Waals surface area contributed by atoms with Crippen LogP contribution in [0.3, 0.4) is 0 Å². The van der Waals surface area contributed by atoms with Gasteiger partial charge in [-0.25, -0.2) is 8.78 Å². The number of fused-ring (bicyclic) bond motifs is 2. The number of alkyl halides is 2. The summed E-state index contributed by atoms with van der Waals surface area (Å²) < 4.78 is 26.9. The topological polar surface area (TPSA) is 41.5 Å². The van der Waals surface area contributed by atoms with Gasteiger partial charge in [0.05, 0.1) is 11.3 Å². The van der Waals surface area contributed by atoms with Gasteiger partial charge in [0, 0.05) is 12.3 Å². The van der Waals surface area contributed by atoms with Crippen LogP contribution in [-0.4, -0.2) is 28.3 Å². The molecule has 4 atom stereocenters. The highest BCUT2D eigenvalue weighted by molar-refractivity contribution is 8.15. The monoisotopic (exact) mass is 288 g/mol. The molecule has 0 aromatic carbocycles. The number of carbonyl (C=O) groups is 1. The van der Waals surface area contributed by atoms with E-state index in [1.165, 1.54) is 11.8 Å². The van der Waals surface area contributed by atoms with Gasteiger partial charge in [-0.2, -0.15) is 0 Å². The van der Waals surface area contributed by atoms with Crippen molar-refractivity contribution in [2.45, 2.75) is 50.3 Å². The number of thioether (sulfide) groups is 1. The Balaban J connectivity index is 1.68. The van der Waals surface area contributed by atoms with E-state index in [0.717, 1.165) is 0 Å². The first-order valence-corrected chi connectivity index (χ1v) is 7.68. The molecule has 6 heteroatoms. The van der Waals surface area contributed by atoms with Gasteiger partial charge in [0.1, 0.15) is 0 Å².